The zero-order valence-corrected chi connectivity index (χ0v) is 8.78. The Kier molecular flexibility index (Phi) is 1.58. The Morgan fingerprint density at radius 3 is 2.80 bits per heavy atom. The third-order valence-corrected chi connectivity index (χ3v) is 3.42. The lowest BCUT2D eigenvalue weighted by atomic mass is 10.0. The molecule has 2 aliphatic rings. The van der Waals surface area contributed by atoms with Crippen LogP contribution in [-0.2, 0) is 9.53 Å². The molecular formula is C13H12O2. The molecule has 3 rings (SSSR count). The smallest absolute Gasteiger partial charge is 0.334 e. The van der Waals surface area contributed by atoms with Crippen LogP contribution in [-0.4, -0.2) is 12.1 Å². The number of carbonyl (C=O) groups excluding carboxylic acids is 1. The maximum absolute atomic E-state index is 11.5. The SMILES string of the molecule is CC1=C2c3ccccc3C(C)C2OC1=O. The van der Waals surface area contributed by atoms with E-state index >= 15 is 0 Å². The van der Waals surface area contributed by atoms with Crippen molar-refractivity contribution in [1.29, 1.82) is 0 Å². The average molecular weight is 200 g/mol. The fourth-order valence-electron chi connectivity index (χ4n) is 2.60. The van der Waals surface area contributed by atoms with Gasteiger partial charge in [-0.3, -0.25) is 0 Å². The molecule has 1 aliphatic carbocycles. The van der Waals surface area contributed by atoms with Gasteiger partial charge in [-0.25, -0.2) is 4.79 Å². The quantitative estimate of drug-likeness (QED) is 0.601. The molecule has 0 fully saturated rings. The number of rotatable bonds is 0. The molecule has 0 amide bonds. The lowest BCUT2D eigenvalue weighted by Crippen LogP contribution is -2.13. The summed E-state index contributed by atoms with van der Waals surface area (Å²) in [4.78, 5) is 11.5. The second kappa shape index (κ2) is 2.72. The third-order valence-electron chi connectivity index (χ3n) is 3.42. The molecule has 2 atom stereocenters. The van der Waals surface area contributed by atoms with Crippen LogP contribution in [0.15, 0.2) is 29.8 Å². The van der Waals surface area contributed by atoms with Crippen molar-refractivity contribution in [2.24, 2.45) is 0 Å². The van der Waals surface area contributed by atoms with E-state index in [1.807, 2.05) is 19.1 Å². The van der Waals surface area contributed by atoms with Crippen LogP contribution >= 0.6 is 0 Å². The zero-order chi connectivity index (χ0) is 10.6. The van der Waals surface area contributed by atoms with Crippen LogP contribution in [0.1, 0.15) is 30.9 Å². The minimum absolute atomic E-state index is 0.0464. The largest absolute Gasteiger partial charge is 0.453 e. The van der Waals surface area contributed by atoms with Crippen LogP contribution in [0.4, 0.5) is 0 Å². The molecule has 76 valence electrons. The van der Waals surface area contributed by atoms with E-state index in [2.05, 4.69) is 19.1 Å². The summed E-state index contributed by atoms with van der Waals surface area (Å²) < 4.78 is 5.38. The Balaban J connectivity index is 2.28. The number of esters is 1. The topological polar surface area (TPSA) is 26.3 Å². The van der Waals surface area contributed by atoms with Gasteiger partial charge in [0.1, 0.15) is 6.10 Å². The Bertz CT molecular complexity index is 485. The van der Waals surface area contributed by atoms with Gasteiger partial charge >= 0.3 is 5.97 Å². The number of hydrogen-bond acceptors (Lipinski definition) is 2. The highest BCUT2D eigenvalue weighted by Gasteiger charge is 2.42. The lowest BCUT2D eigenvalue weighted by Gasteiger charge is -2.11. The molecule has 0 radical (unpaired) electrons. The normalized spacial score (nSPS) is 27.7. The Labute approximate surface area is 88.6 Å². The van der Waals surface area contributed by atoms with Crippen LogP contribution in [0.5, 0.6) is 0 Å². The number of ether oxygens (including phenoxy) is 1. The summed E-state index contributed by atoms with van der Waals surface area (Å²) >= 11 is 0. The van der Waals surface area contributed by atoms with Crippen molar-refractivity contribution in [1.82, 2.24) is 0 Å². The molecule has 1 aliphatic heterocycles. The average Bonchev–Trinajstić information content (AvgIpc) is 2.68. The van der Waals surface area contributed by atoms with E-state index in [4.69, 9.17) is 4.74 Å². The van der Waals surface area contributed by atoms with Gasteiger partial charge in [0.25, 0.3) is 0 Å². The molecule has 0 spiro atoms. The first-order valence-electron chi connectivity index (χ1n) is 5.21. The van der Waals surface area contributed by atoms with E-state index < -0.39 is 0 Å². The highest BCUT2D eigenvalue weighted by atomic mass is 16.5. The van der Waals surface area contributed by atoms with E-state index in [-0.39, 0.29) is 18.0 Å². The van der Waals surface area contributed by atoms with Gasteiger partial charge in [0.05, 0.1) is 0 Å². The first kappa shape index (κ1) is 8.72. The number of hydrogen-bond donors (Lipinski definition) is 0. The minimum Gasteiger partial charge on any atom is -0.453 e. The second-order valence-corrected chi connectivity index (χ2v) is 4.24. The van der Waals surface area contributed by atoms with Crippen molar-refractivity contribution in [2.75, 3.05) is 0 Å². The molecule has 0 N–H and O–H groups in total. The number of benzene rings is 1. The van der Waals surface area contributed by atoms with Crippen LogP contribution in [0.2, 0.25) is 0 Å². The maximum atomic E-state index is 11.5. The van der Waals surface area contributed by atoms with E-state index in [0.717, 1.165) is 11.1 Å². The summed E-state index contributed by atoms with van der Waals surface area (Å²) in [7, 11) is 0. The Morgan fingerprint density at radius 1 is 1.27 bits per heavy atom. The van der Waals surface area contributed by atoms with E-state index in [1.165, 1.54) is 11.1 Å². The highest BCUT2D eigenvalue weighted by molar-refractivity contribution is 6.04. The summed E-state index contributed by atoms with van der Waals surface area (Å²) in [6.07, 6.45) is -0.0464. The number of fused-ring (bicyclic) bond motifs is 3. The van der Waals surface area contributed by atoms with Gasteiger partial charge in [-0.1, -0.05) is 31.2 Å². The highest BCUT2D eigenvalue weighted by Crippen LogP contribution is 2.47. The van der Waals surface area contributed by atoms with Crippen molar-refractivity contribution < 1.29 is 9.53 Å². The lowest BCUT2D eigenvalue weighted by molar-refractivity contribution is -0.139. The van der Waals surface area contributed by atoms with E-state index in [1.54, 1.807) is 0 Å². The molecule has 1 aromatic rings. The zero-order valence-electron chi connectivity index (χ0n) is 8.78. The fraction of sp³-hybridized carbons (Fsp3) is 0.308. The van der Waals surface area contributed by atoms with Crippen molar-refractivity contribution in [2.45, 2.75) is 25.9 Å². The Hall–Kier alpha value is -1.57. The monoisotopic (exact) mass is 200 g/mol. The van der Waals surface area contributed by atoms with Crippen LogP contribution in [0, 0.1) is 0 Å². The van der Waals surface area contributed by atoms with Gasteiger partial charge in [-0.05, 0) is 18.1 Å². The van der Waals surface area contributed by atoms with Crippen molar-refractivity contribution in [3.8, 4) is 0 Å². The predicted molar refractivity (Wildman–Crippen MR) is 57.3 cm³/mol. The van der Waals surface area contributed by atoms with Gasteiger partial charge < -0.3 is 4.74 Å². The summed E-state index contributed by atoms with van der Waals surface area (Å²) in [6.45, 7) is 3.97. The number of carbonyl (C=O) groups is 1. The van der Waals surface area contributed by atoms with Gasteiger partial charge in [-0.15, -0.1) is 0 Å². The van der Waals surface area contributed by atoms with Gasteiger partial charge in [0.2, 0.25) is 0 Å². The molecule has 2 heteroatoms. The summed E-state index contributed by atoms with van der Waals surface area (Å²) in [6, 6.07) is 8.24. The standard InChI is InChI=1S/C13H12O2/c1-7-9-5-3-4-6-10(9)11-8(2)13(14)15-12(7)11/h3-7,12H,1-2H3. The molecule has 1 aromatic carbocycles. The first-order valence-corrected chi connectivity index (χ1v) is 5.21. The molecule has 15 heavy (non-hydrogen) atoms. The molecule has 0 bridgehead atoms. The van der Waals surface area contributed by atoms with Crippen LogP contribution in [0.25, 0.3) is 5.57 Å². The maximum Gasteiger partial charge on any atom is 0.334 e. The van der Waals surface area contributed by atoms with Crippen LogP contribution in [0.3, 0.4) is 0 Å². The summed E-state index contributed by atoms with van der Waals surface area (Å²) in [5, 5.41) is 0. The van der Waals surface area contributed by atoms with E-state index in [0.29, 0.717) is 0 Å². The third kappa shape index (κ3) is 0.965. The second-order valence-electron chi connectivity index (χ2n) is 4.24. The van der Waals surface area contributed by atoms with Gasteiger partial charge in [0.15, 0.2) is 0 Å². The summed E-state index contributed by atoms with van der Waals surface area (Å²) in [5.74, 6) is 0.133. The summed E-state index contributed by atoms with van der Waals surface area (Å²) in [5.41, 5.74) is 4.36. The van der Waals surface area contributed by atoms with E-state index in [9.17, 15) is 4.79 Å². The Morgan fingerprint density at radius 2 is 2.00 bits per heavy atom. The minimum atomic E-state index is -0.156. The predicted octanol–water partition coefficient (Wildman–Crippen LogP) is 2.50. The molecule has 0 saturated heterocycles. The molecule has 2 nitrogen and oxygen atoms in total. The van der Waals surface area contributed by atoms with Crippen molar-refractivity contribution in [3.63, 3.8) is 0 Å². The first-order chi connectivity index (χ1) is 7.20. The van der Waals surface area contributed by atoms with Crippen molar-refractivity contribution in [3.05, 3.63) is 41.0 Å². The fourth-order valence-corrected chi connectivity index (χ4v) is 2.60. The molecule has 0 aromatic heterocycles. The van der Waals surface area contributed by atoms with Gasteiger partial charge in [0, 0.05) is 17.1 Å². The molecule has 1 heterocycles. The molecular weight excluding hydrogens is 188 g/mol. The molecule has 2 unspecified atom stereocenters. The molecule has 0 saturated carbocycles. The van der Waals surface area contributed by atoms with Crippen LogP contribution < -0.4 is 0 Å². The van der Waals surface area contributed by atoms with Crippen molar-refractivity contribution >= 4 is 11.5 Å². The van der Waals surface area contributed by atoms with Gasteiger partial charge in [-0.2, -0.15) is 0 Å².